The molecule has 0 aliphatic rings. The summed E-state index contributed by atoms with van der Waals surface area (Å²) < 4.78 is 10.3. The van der Waals surface area contributed by atoms with Gasteiger partial charge in [0.1, 0.15) is 0 Å². The third-order valence-corrected chi connectivity index (χ3v) is 2.39. The van der Waals surface area contributed by atoms with Gasteiger partial charge in [0.05, 0.1) is 14.2 Å². The van der Waals surface area contributed by atoms with E-state index in [-0.39, 0.29) is 5.78 Å². The van der Waals surface area contributed by atoms with E-state index in [9.17, 15) is 4.79 Å². The summed E-state index contributed by atoms with van der Waals surface area (Å²) in [6.07, 6.45) is 0. The summed E-state index contributed by atoms with van der Waals surface area (Å²) in [5, 5.41) is 0. The molecule has 0 fully saturated rings. The van der Waals surface area contributed by atoms with Gasteiger partial charge in [-0.05, 0) is 24.1 Å². The van der Waals surface area contributed by atoms with E-state index in [1.54, 1.807) is 32.4 Å². The van der Waals surface area contributed by atoms with E-state index in [0.29, 0.717) is 11.5 Å². The maximum Gasteiger partial charge on any atom is 0.211 e. The highest BCUT2D eigenvalue weighted by Gasteiger charge is 2.18. The van der Waals surface area contributed by atoms with Crippen LogP contribution in [0.25, 0.3) is 0 Å². The molecule has 0 bridgehead atoms. The summed E-state index contributed by atoms with van der Waals surface area (Å²) in [4.78, 5) is 11.7. The number of hydrogen-bond acceptors (Lipinski definition) is 3. The largest absolute Gasteiger partial charge is 0.493 e. The number of benzene rings is 1. The van der Waals surface area contributed by atoms with Crippen molar-refractivity contribution in [3.05, 3.63) is 23.8 Å². The molecule has 0 unspecified atom stereocenters. The van der Waals surface area contributed by atoms with Crippen LogP contribution in [0.3, 0.4) is 0 Å². The van der Waals surface area contributed by atoms with E-state index in [2.05, 4.69) is 11.8 Å². The Morgan fingerprint density at radius 2 is 1.72 bits per heavy atom. The Balaban J connectivity index is 3.00. The number of carbonyl (C=O) groups is 1. The molecule has 0 aromatic heterocycles. The van der Waals surface area contributed by atoms with Crippen molar-refractivity contribution in [2.24, 2.45) is 5.41 Å². The van der Waals surface area contributed by atoms with Crippen LogP contribution in [0.15, 0.2) is 18.2 Å². The first-order valence-corrected chi connectivity index (χ1v) is 5.67. The van der Waals surface area contributed by atoms with Gasteiger partial charge in [-0.25, -0.2) is 0 Å². The Morgan fingerprint density at radius 1 is 1.11 bits per heavy atom. The summed E-state index contributed by atoms with van der Waals surface area (Å²) in [5.41, 5.74) is 0.286. The number of hydrogen-bond donors (Lipinski definition) is 0. The Labute approximate surface area is 108 Å². The predicted molar refractivity (Wildman–Crippen MR) is 70.9 cm³/mol. The number of Topliss-reactive ketones (excluding diaryl/α,β-unsaturated/α-hetero) is 1. The SMILES string of the molecule is COc1ccc(C#CC(=O)C(C)(C)C)cc1OC. The third kappa shape index (κ3) is 3.53. The van der Waals surface area contributed by atoms with Crippen LogP contribution in [-0.2, 0) is 4.79 Å². The van der Waals surface area contributed by atoms with Crippen LogP contribution in [0.2, 0.25) is 0 Å². The lowest BCUT2D eigenvalue weighted by atomic mass is 9.91. The normalized spacial score (nSPS) is 10.3. The standard InChI is InChI=1S/C15H18O3/c1-15(2,3)14(16)9-7-11-6-8-12(17-4)13(10-11)18-5/h6,8,10H,1-5H3. The first-order chi connectivity index (χ1) is 8.38. The molecule has 0 saturated heterocycles. The van der Waals surface area contributed by atoms with Crippen LogP contribution in [0, 0.1) is 17.3 Å². The third-order valence-electron chi connectivity index (χ3n) is 2.39. The molecular weight excluding hydrogens is 228 g/mol. The van der Waals surface area contributed by atoms with Gasteiger partial charge >= 0.3 is 0 Å². The lowest BCUT2D eigenvalue weighted by molar-refractivity contribution is -0.120. The number of ether oxygens (including phenoxy) is 2. The zero-order valence-electron chi connectivity index (χ0n) is 11.5. The summed E-state index contributed by atoms with van der Waals surface area (Å²) in [6, 6.07) is 5.32. The van der Waals surface area contributed by atoms with Crippen LogP contribution >= 0.6 is 0 Å². The van der Waals surface area contributed by atoms with Gasteiger partial charge in [-0.15, -0.1) is 0 Å². The van der Waals surface area contributed by atoms with Crippen LogP contribution in [0.1, 0.15) is 26.3 Å². The van der Waals surface area contributed by atoms with Crippen molar-refractivity contribution in [2.45, 2.75) is 20.8 Å². The van der Waals surface area contributed by atoms with Crippen molar-refractivity contribution in [3.63, 3.8) is 0 Å². The molecule has 3 nitrogen and oxygen atoms in total. The van der Waals surface area contributed by atoms with Crippen molar-refractivity contribution in [1.82, 2.24) is 0 Å². The van der Waals surface area contributed by atoms with Gasteiger partial charge in [0.15, 0.2) is 11.5 Å². The molecule has 0 heterocycles. The minimum absolute atomic E-state index is 0.0858. The van der Waals surface area contributed by atoms with Crippen molar-refractivity contribution >= 4 is 5.78 Å². The van der Waals surface area contributed by atoms with Crippen molar-refractivity contribution in [3.8, 4) is 23.3 Å². The Hall–Kier alpha value is -1.95. The highest BCUT2D eigenvalue weighted by molar-refractivity contribution is 5.99. The predicted octanol–water partition coefficient (Wildman–Crippen LogP) is 2.67. The fraction of sp³-hybridized carbons (Fsp3) is 0.400. The first-order valence-electron chi connectivity index (χ1n) is 5.67. The second kappa shape index (κ2) is 5.59. The molecule has 0 amide bonds. The molecule has 18 heavy (non-hydrogen) atoms. The van der Waals surface area contributed by atoms with E-state index in [4.69, 9.17) is 9.47 Å². The van der Waals surface area contributed by atoms with E-state index in [1.165, 1.54) is 0 Å². The van der Waals surface area contributed by atoms with Gasteiger partial charge in [-0.3, -0.25) is 4.79 Å². The lowest BCUT2D eigenvalue weighted by Gasteiger charge is -2.10. The minimum Gasteiger partial charge on any atom is -0.493 e. The van der Waals surface area contributed by atoms with Gasteiger partial charge < -0.3 is 9.47 Å². The molecule has 0 spiro atoms. The van der Waals surface area contributed by atoms with Gasteiger partial charge in [-0.1, -0.05) is 26.7 Å². The summed E-state index contributed by atoms with van der Waals surface area (Å²) >= 11 is 0. The molecular formula is C15H18O3. The van der Waals surface area contributed by atoms with Crippen LogP contribution in [0.4, 0.5) is 0 Å². The molecule has 96 valence electrons. The number of carbonyl (C=O) groups excluding carboxylic acids is 1. The molecule has 3 heteroatoms. The second-order valence-electron chi connectivity index (χ2n) is 4.90. The maximum absolute atomic E-state index is 11.7. The average molecular weight is 246 g/mol. The van der Waals surface area contributed by atoms with Crippen LogP contribution in [-0.4, -0.2) is 20.0 Å². The van der Waals surface area contributed by atoms with Gasteiger partial charge in [-0.2, -0.15) is 0 Å². The Bertz CT molecular complexity index is 499. The minimum atomic E-state index is -0.441. The van der Waals surface area contributed by atoms with E-state index >= 15 is 0 Å². The van der Waals surface area contributed by atoms with Gasteiger partial charge in [0.2, 0.25) is 5.78 Å². The average Bonchev–Trinajstić information content (AvgIpc) is 2.34. The smallest absolute Gasteiger partial charge is 0.211 e. The monoisotopic (exact) mass is 246 g/mol. The fourth-order valence-electron chi connectivity index (χ4n) is 1.23. The Kier molecular flexibility index (Phi) is 4.38. The zero-order valence-corrected chi connectivity index (χ0v) is 11.5. The lowest BCUT2D eigenvalue weighted by Crippen LogP contribution is -2.17. The fourth-order valence-corrected chi connectivity index (χ4v) is 1.23. The first kappa shape index (κ1) is 14.1. The quantitative estimate of drug-likeness (QED) is 0.753. The summed E-state index contributed by atoms with van der Waals surface area (Å²) in [5.74, 6) is 6.65. The summed E-state index contributed by atoms with van der Waals surface area (Å²) in [6.45, 7) is 5.54. The number of ketones is 1. The van der Waals surface area contributed by atoms with E-state index in [0.717, 1.165) is 5.56 Å². The van der Waals surface area contributed by atoms with Crippen molar-refractivity contribution in [2.75, 3.05) is 14.2 Å². The number of methoxy groups -OCH3 is 2. The molecule has 0 saturated carbocycles. The molecule has 1 rings (SSSR count). The maximum atomic E-state index is 11.7. The molecule has 0 N–H and O–H groups in total. The van der Waals surface area contributed by atoms with E-state index < -0.39 is 5.41 Å². The molecule has 0 aliphatic carbocycles. The Morgan fingerprint density at radius 3 is 2.22 bits per heavy atom. The van der Waals surface area contributed by atoms with Crippen LogP contribution in [0.5, 0.6) is 11.5 Å². The van der Waals surface area contributed by atoms with Crippen molar-refractivity contribution < 1.29 is 14.3 Å². The van der Waals surface area contributed by atoms with E-state index in [1.807, 2.05) is 20.8 Å². The molecule has 1 aromatic carbocycles. The molecule has 0 atom stereocenters. The van der Waals surface area contributed by atoms with Crippen LogP contribution < -0.4 is 9.47 Å². The van der Waals surface area contributed by atoms with Crippen molar-refractivity contribution in [1.29, 1.82) is 0 Å². The highest BCUT2D eigenvalue weighted by Crippen LogP contribution is 2.27. The molecule has 0 radical (unpaired) electrons. The molecule has 0 aliphatic heterocycles. The topological polar surface area (TPSA) is 35.5 Å². The van der Waals surface area contributed by atoms with Gasteiger partial charge in [0.25, 0.3) is 0 Å². The molecule has 1 aromatic rings. The number of rotatable bonds is 2. The summed E-state index contributed by atoms with van der Waals surface area (Å²) in [7, 11) is 3.14. The highest BCUT2D eigenvalue weighted by atomic mass is 16.5. The second-order valence-corrected chi connectivity index (χ2v) is 4.90. The van der Waals surface area contributed by atoms with Gasteiger partial charge in [0, 0.05) is 11.0 Å². The zero-order chi connectivity index (χ0) is 13.8.